The summed E-state index contributed by atoms with van der Waals surface area (Å²) in [4.78, 5) is 0. The maximum absolute atomic E-state index is 5.97. The van der Waals surface area contributed by atoms with E-state index in [4.69, 9.17) is 4.74 Å². The Hall–Kier alpha value is -1.08. The van der Waals surface area contributed by atoms with Crippen molar-refractivity contribution < 1.29 is 4.74 Å². The molecule has 0 N–H and O–H groups in total. The fourth-order valence-corrected chi connectivity index (χ4v) is 2.83. The topological polar surface area (TPSA) is 9.23 Å². The van der Waals surface area contributed by atoms with Crippen molar-refractivity contribution in [2.75, 3.05) is 6.61 Å². The van der Waals surface area contributed by atoms with E-state index in [1.807, 2.05) is 0 Å². The number of benzene rings is 1. The highest BCUT2D eigenvalue weighted by Gasteiger charge is 2.49. The van der Waals surface area contributed by atoms with Crippen LogP contribution in [0.4, 0.5) is 0 Å². The lowest BCUT2D eigenvalue weighted by molar-refractivity contribution is 0.0476. The zero-order valence-electron chi connectivity index (χ0n) is 9.46. The number of hydrogen-bond donors (Lipinski definition) is 0. The maximum atomic E-state index is 5.97. The number of ether oxygens (including phenoxy) is 1. The minimum atomic E-state index is 0.0847. The largest absolute Gasteiger partial charge is 0.366 e. The molecule has 0 aromatic heterocycles. The highest BCUT2D eigenvalue weighted by molar-refractivity contribution is 5.71. The van der Waals surface area contributed by atoms with Gasteiger partial charge in [0, 0.05) is 0 Å². The van der Waals surface area contributed by atoms with Crippen molar-refractivity contribution in [3.05, 3.63) is 41.5 Å². The molecule has 3 aliphatic rings. The monoisotopic (exact) mass is 212 g/mol. The molecule has 16 heavy (non-hydrogen) atoms. The summed E-state index contributed by atoms with van der Waals surface area (Å²) in [5, 5.41) is 0. The van der Waals surface area contributed by atoms with E-state index in [2.05, 4.69) is 24.8 Å². The zero-order valence-corrected chi connectivity index (χ0v) is 9.46. The van der Waals surface area contributed by atoms with Crippen molar-refractivity contribution in [3.63, 3.8) is 0 Å². The van der Waals surface area contributed by atoms with Gasteiger partial charge in [-0.15, -0.1) is 0 Å². The van der Waals surface area contributed by atoms with Gasteiger partial charge in [-0.1, -0.05) is 24.8 Å². The first-order valence-electron chi connectivity index (χ1n) is 6.25. The van der Waals surface area contributed by atoms with Gasteiger partial charge in [0.2, 0.25) is 0 Å². The predicted molar refractivity (Wildman–Crippen MR) is 64.3 cm³/mol. The molecule has 0 atom stereocenters. The van der Waals surface area contributed by atoms with Crippen LogP contribution in [-0.4, -0.2) is 6.61 Å². The van der Waals surface area contributed by atoms with Crippen LogP contribution >= 0.6 is 0 Å². The molecule has 2 aliphatic carbocycles. The first-order valence-corrected chi connectivity index (χ1v) is 6.25. The van der Waals surface area contributed by atoms with Crippen LogP contribution in [-0.2, 0) is 10.3 Å². The molecule has 1 heterocycles. The van der Waals surface area contributed by atoms with Gasteiger partial charge in [0.05, 0.1) is 12.2 Å². The standard InChI is InChI=1S/C15H16O/c1-10-9-16-15(6-7-15)14-8-12(11-2-3-11)4-5-13(10)14/h4-5,8,11H,1-3,6-7,9H2. The van der Waals surface area contributed by atoms with Crippen molar-refractivity contribution in [2.45, 2.75) is 37.2 Å². The van der Waals surface area contributed by atoms with Crippen molar-refractivity contribution >= 4 is 5.57 Å². The van der Waals surface area contributed by atoms with Gasteiger partial charge in [0.15, 0.2) is 0 Å². The smallest absolute Gasteiger partial charge is 0.0944 e. The Bertz CT molecular complexity index is 478. The fourth-order valence-electron chi connectivity index (χ4n) is 2.83. The van der Waals surface area contributed by atoms with E-state index in [1.54, 1.807) is 0 Å². The van der Waals surface area contributed by atoms with Crippen LogP contribution < -0.4 is 0 Å². The van der Waals surface area contributed by atoms with Gasteiger partial charge < -0.3 is 4.74 Å². The van der Waals surface area contributed by atoms with Crippen LogP contribution in [0.3, 0.4) is 0 Å². The second kappa shape index (κ2) is 2.78. The van der Waals surface area contributed by atoms with Crippen LogP contribution in [0.5, 0.6) is 0 Å². The van der Waals surface area contributed by atoms with E-state index >= 15 is 0 Å². The average Bonchev–Trinajstić information content (AvgIpc) is 3.17. The third kappa shape index (κ3) is 1.15. The Kier molecular flexibility index (Phi) is 1.56. The molecule has 0 saturated heterocycles. The molecule has 1 aliphatic heterocycles. The minimum absolute atomic E-state index is 0.0847. The molecule has 1 aromatic rings. The summed E-state index contributed by atoms with van der Waals surface area (Å²) in [7, 11) is 0. The Balaban J connectivity index is 1.88. The van der Waals surface area contributed by atoms with E-state index < -0.39 is 0 Å². The van der Waals surface area contributed by atoms with Gasteiger partial charge in [-0.25, -0.2) is 0 Å². The Morgan fingerprint density at radius 3 is 2.75 bits per heavy atom. The molecule has 0 bridgehead atoms. The molecule has 0 unspecified atom stereocenters. The van der Waals surface area contributed by atoms with Crippen molar-refractivity contribution in [1.29, 1.82) is 0 Å². The predicted octanol–water partition coefficient (Wildman–Crippen LogP) is 3.60. The second-order valence-corrected chi connectivity index (χ2v) is 5.47. The molecular formula is C15H16O. The molecule has 1 nitrogen and oxygen atoms in total. The van der Waals surface area contributed by atoms with Gasteiger partial charge in [-0.3, -0.25) is 0 Å². The molecule has 2 fully saturated rings. The van der Waals surface area contributed by atoms with E-state index in [0.717, 1.165) is 18.1 Å². The van der Waals surface area contributed by atoms with Crippen molar-refractivity contribution in [2.24, 2.45) is 0 Å². The lowest BCUT2D eigenvalue weighted by Crippen LogP contribution is -2.21. The van der Waals surface area contributed by atoms with Crippen LogP contribution in [0.25, 0.3) is 5.57 Å². The van der Waals surface area contributed by atoms with E-state index in [-0.39, 0.29) is 5.60 Å². The molecule has 1 aromatic carbocycles. The SMILES string of the molecule is C=C1COC2(CC2)c2cc(C3CC3)ccc21. The quantitative estimate of drug-likeness (QED) is 0.691. The van der Waals surface area contributed by atoms with E-state index in [1.165, 1.54) is 42.4 Å². The summed E-state index contributed by atoms with van der Waals surface area (Å²) in [5.41, 5.74) is 5.53. The molecule has 2 saturated carbocycles. The Morgan fingerprint density at radius 1 is 1.25 bits per heavy atom. The summed E-state index contributed by atoms with van der Waals surface area (Å²) in [6.07, 6.45) is 5.13. The first kappa shape index (κ1) is 9.00. The molecule has 1 spiro atoms. The molecule has 0 radical (unpaired) electrons. The number of hydrogen-bond acceptors (Lipinski definition) is 1. The second-order valence-electron chi connectivity index (χ2n) is 5.47. The molecule has 4 rings (SSSR count). The molecule has 82 valence electrons. The summed E-state index contributed by atoms with van der Waals surface area (Å²) in [6.45, 7) is 4.83. The fraction of sp³-hybridized carbons (Fsp3) is 0.467. The van der Waals surface area contributed by atoms with E-state index in [0.29, 0.717) is 0 Å². The summed E-state index contributed by atoms with van der Waals surface area (Å²) >= 11 is 0. The Morgan fingerprint density at radius 2 is 2.06 bits per heavy atom. The van der Waals surface area contributed by atoms with Crippen molar-refractivity contribution in [3.8, 4) is 0 Å². The van der Waals surface area contributed by atoms with Crippen LogP contribution in [0.15, 0.2) is 24.8 Å². The number of rotatable bonds is 1. The summed E-state index contributed by atoms with van der Waals surface area (Å²) in [5.74, 6) is 0.830. The highest BCUT2D eigenvalue weighted by Crippen LogP contribution is 2.55. The summed E-state index contributed by atoms with van der Waals surface area (Å²) in [6, 6.07) is 6.96. The van der Waals surface area contributed by atoms with Gasteiger partial charge in [-0.2, -0.15) is 0 Å². The van der Waals surface area contributed by atoms with Gasteiger partial charge in [-0.05, 0) is 53.9 Å². The van der Waals surface area contributed by atoms with Gasteiger partial charge in [0.1, 0.15) is 0 Å². The maximum Gasteiger partial charge on any atom is 0.0944 e. The molecular weight excluding hydrogens is 196 g/mol. The van der Waals surface area contributed by atoms with Crippen LogP contribution in [0, 0.1) is 0 Å². The lowest BCUT2D eigenvalue weighted by Gasteiger charge is -2.28. The molecule has 1 heteroatoms. The average molecular weight is 212 g/mol. The summed E-state index contributed by atoms with van der Waals surface area (Å²) < 4.78 is 5.97. The van der Waals surface area contributed by atoms with Gasteiger partial charge in [0.25, 0.3) is 0 Å². The normalized spacial score (nSPS) is 25.6. The third-order valence-electron chi connectivity index (χ3n) is 4.19. The van der Waals surface area contributed by atoms with Crippen molar-refractivity contribution in [1.82, 2.24) is 0 Å². The van der Waals surface area contributed by atoms with E-state index in [9.17, 15) is 0 Å². The van der Waals surface area contributed by atoms with Crippen LogP contribution in [0.2, 0.25) is 0 Å². The third-order valence-corrected chi connectivity index (χ3v) is 4.19. The number of fused-ring (bicyclic) bond motifs is 2. The highest BCUT2D eigenvalue weighted by atomic mass is 16.5. The Labute approximate surface area is 96.1 Å². The van der Waals surface area contributed by atoms with Crippen LogP contribution in [0.1, 0.15) is 48.3 Å². The molecule has 0 amide bonds. The minimum Gasteiger partial charge on any atom is -0.366 e. The lowest BCUT2D eigenvalue weighted by atomic mass is 9.90. The van der Waals surface area contributed by atoms with Gasteiger partial charge >= 0.3 is 0 Å². The zero-order chi connectivity index (χ0) is 10.8. The first-order chi connectivity index (χ1) is 7.78.